The number of imidazole rings is 1. The number of rotatable bonds is 3. The Bertz CT molecular complexity index is 541. The van der Waals surface area contributed by atoms with Crippen molar-refractivity contribution in [2.75, 3.05) is 0 Å². The van der Waals surface area contributed by atoms with Gasteiger partial charge in [-0.15, -0.1) is 12.4 Å². The van der Waals surface area contributed by atoms with E-state index in [9.17, 15) is 4.79 Å². The first-order valence-corrected chi connectivity index (χ1v) is 5.68. The van der Waals surface area contributed by atoms with Crippen LogP contribution in [0.4, 0.5) is 0 Å². The Balaban J connectivity index is 0.00000162. The minimum absolute atomic E-state index is 0. The van der Waals surface area contributed by atoms with Gasteiger partial charge in [-0.05, 0) is 26.8 Å². The molecule has 0 spiro atoms. The van der Waals surface area contributed by atoms with Gasteiger partial charge in [-0.2, -0.15) is 0 Å². The van der Waals surface area contributed by atoms with Gasteiger partial charge < -0.3 is 4.98 Å². The minimum atomic E-state index is 0. The van der Waals surface area contributed by atoms with Crippen molar-refractivity contribution in [2.45, 2.75) is 27.2 Å². The first kappa shape index (κ1) is 14.5. The number of carbonyl (C=O) groups excluding carboxylic acids is 1. The van der Waals surface area contributed by atoms with Crippen molar-refractivity contribution in [3.63, 3.8) is 0 Å². The molecule has 0 radical (unpaired) electrons. The van der Waals surface area contributed by atoms with Crippen LogP contribution in [0.25, 0.3) is 0 Å². The zero-order valence-electron chi connectivity index (χ0n) is 10.8. The Hall–Kier alpha value is -1.61. The van der Waals surface area contributed by atoms with E-state index >= 15 is 0 Å². The van der Waals surface area contributed by atoms with E-state index < -0.39 is 0 Å². The second-order valence-electron chi connectivity index (χ2n) is 4.36. The molecular formula is C14H17ClN2O. The van der Waals surface area contributed by atoms with Crippen LogP contribution in [0.5, 0.6) is 0 Å². The number of ketones is 1. The third-order valence-corrected chi connectivity index (χ3v) is 2.85. The first-order valence-electron chi connectivity index (χ1n) is 5.68. The second-order valence-corrected chi connectivity index (χ2v) is 4.36. The minimum Gasteiger partial charge on any atom is -0.345 e. The molecule has 0 aliphatic carbocycles. The maximum Gasteiger partial charge on any atom is 0.170 e. The van der Waals surface area contributed by atoms with Gasteiger partial charge in [-0.25, -0.2) is 4.98 Å². The summed E-state index contributed by atoms with van der Waals surface area (Å²) in [5.74, 6) is 0.842. The van der Waals surface area contributed by atoms with Crippen LogP contribution in [-0.2, 0) is 6.42 Å². The number of Topliss-reactive ketones (excluding diaryl/α,β-unsaturated/α-hetero) is 1. The highest BCUT2D eigenvalue weighted by Gasteiger charge is 2.10. The number of halogens is 1. The number of carbonyl (C=O) groups is 1. The maximum absolute atomic E-state index is 12.0. The largest absolute Gasteiger partial charge is 0.345 e. The van der Waals surface area contributed by atoms with Crippen LogP contribution in [0.3, 0.4) is 0 Å². The molecule has 4 heteroatoms. The molecule has 2 rings (SSSR count). The SMILES string of the molecule is Cc1cccc(C(=O)Cc2nc(C)c(C)[nH]2)c1.Cl. The summed E-state index contributed by atoms with van der Waals surface area (Å²) in [6.07, 6.45) is 0.331. The number of hydrogen-bond acceptors (Lipinski definition) is 2. The molecule has 0 fully saturated rings. The van der Waals surface area contributed by atoms with Crippen molar-refractivity contribution in [2.24, 2.45) is 0 Å². The van der Waals surface area contributed by atoms with Crippen molar-refractivity contribution >= 4 is 18.2 Å². The van der Waals surface area contributed by atoms with Crippen LogP contribution < -0.4 is 0 Å². The molecule has 1 heterocycles. The maximum atomic E-state index is 12.0. The van der Waals surface area contributed by atoms with Crippen molar-refractivity contribution in [3.8, 4) is 0 Å². The Labute approximate surface area is 113 Å². The van der Waals surface area contributed by atoms with Gasteiger partial charge in [0.05, 0.1) is 12.1 Å². The molecular weight excluding hydrogens is 248 g/mol. The number of hydrogen-bond donors (Lipinski definition) is 1. The molecule has 0 aliphatic rings. The van der Waals surface area contributed by atoms with Crippen LogP contribution in [0, 0.1) is 20.8 Å². The predicted molar refractivity (Wildman–Crippen MR) is 74.5 cm³/mol. The molecule has 1 aromatic carbocycles. The Morgan fingerprint density at radius 1 is 1.28 bits per heavy atom. The van der Waals surface area contributed by atoms with E-state index in [2.05, 4.69) is 9.97 Å². The molecule has 1 aromatic heterocycles. The smallest absolute Gasteiger partial charge is 0.170 e. The zero-order valence-corrected chi connectivity index (χ0v) is 11.6. The average Bonchev–Trinajstić information content (AvgIpc) is 2.58. The topological polar surface area (TPSA) is 45.8 Å². The zero-order chi connectivity index (χ0) is 12.4. The van der Waals surface area contributed by atoms with Crippen LogP contribution in [0.1, 0.15) is 33.1 Å². The summed E-state index contributed by atoms with van der Waals surface area (Å²) >= 11 is 0. The predicted octanol–water partition coefficient (Wildman–Crippen LogP) is 3.18. The normalized spacial score (nSPS) is 9.94. The lowest BCUT2D eigenvalue weighted by Crippen LogP contribution is -2.05. The van der Waals surface area contributed by atoms with Gasteiger partial charge in [0.1, 0.15) is 5.82 Å². The van der Waals surface area contributed by atoms with Crippen LogP contribution in [0.15, 0.2) is 24.3 Å². The molecule has 0 bridgehead atoms. The van der Waals surface area contributed by atoms with E-state index in [-0.39, 0.29) is 18.2 Å². The molecule has 18 heavy (non-hydrogen) atoms. The lowest BCUT2D eigenvalue weighted by molar-refractivity contribution is 0.0991. The molecule has 1 N–H and O–H groups in total. The summed E-state index contributed by atoms with van der Waals surface area (Å²) in [5, 5.41) is 0. The monoisotopic (exact) mass is 264 g/mol. The molecule has 0 saturated heterocycles. The van der Waals surface area contributed by atoms with Gasteiger partial charge in [0.25, 0.3) is 0 Å². The molecule has 2 aromatic rings. The van der Waals surface area contributed by atoms with E-state index in [4.69, 9.17) is 0 Å². The van der Waals surface area contributed by atoms with E-state index in [0.717, 1.165) is 28.3 Å². The van der Waals surface area contributed by atoms with Crippen molar-refractivity contribution in [1.29, 1.82) is 0 Å². The highest BCUT2D eigenvalue weighted by atomic mass is 35.5. The number of aryl methyl sites for hydroxylation is 3. The summed E-state index contributed by atoms with van der Waals surface area (Å²) in [6, 6.07) is 7.64. The third kappa shape index (κ3) is 3.20. The summed E-state index contributed by atoms with van der Waals surface area (Å²) in [5.41, 5.74) is 3.83. The summed E-state index contributed by atoms with van der Waals surface area (Å²) in [7, 11) is 0. The van der Waals surface area contributed by atoms with Crippen molar-refractivity contribution in [1.82, 2.24) is 9.97 Å². The Morgan fingerprint density at radius 2 is 2.00 bits per heavy atom. The van der Waals surface area contributed by atoms with Gasteiger partial charge in [-0.3, -0.25) is 4.79 Å². The summed E-state index contributed by atoms with van der Waals surface area (Å²) in [6.45, 7) is 5.88. The molecule has 3 nitrogen and oxygen atoms in total. The van der Waals surface area contributed by atoms with Gasteiger partial charge >= 0.3 is 0 Å². The highest BCUT2D eigenvalue weighted by Crippen LogP contribution is 2.09. The van der Waals surface area contributed by atoms with E-state index in [1.807, 2.05) is 45.0 Å². The average molecular weight is 265 g/mol. The Kier molecular flexibility index (Phi) is 4.68. The quantitative estimate of drug-likeness (QED) is 0.866. The fraction of sp³-hybridized carbons (Fsp3) is 0.286. The van der Waals surface area contributed by atoms with E-state index in [1.165, 1.54) is 0 Å². The fourth-order valence-corrected chi connectivity index (χ4v) is 1.78. The molecule has 0 atom stereocenters. The fourth-order valence-electron chi connectivity index (χ4n) is 1.78. The molecule has 0 aliphatic heterocycles. The number of benzene rings is 1. The van der Waals surface area contributed by atoms with Crippen molar-refractivity contribution in [3.05, 3.63) is 52.6 Å². The first-order chi connectivity index (χ1) is 8.06. The number of aromatic nitrogens is 2. The molecule has 96 valence electrons. The highest BCUT2D eigenvalue weighted by molar-refractivity contribution is 5.97. The van der Waals surface area contributed by atoms with Crippen molar-refractivity contribution < 1.29 is 4.79 Å². The lowest BCUT2D eigenvalue weighted by Gasteiger charge is -2.00. The number of nitrogens with one attached hydrogen (secondary N) is 1. The van der Waals surface area contributed by atoms with Crippen LogP contribution in [0.2, 0.25) is 0 Å². The molecule has 0 unspecified atom stereocenters. The third-order valence-electron chi connectivity index (χ3n) is 2.85. The van der Waals surface area contributed by atoms with Gasteiger partial charge in [-0.1, -0.05) is 23.8 Å². The van der Waals surface area contributed by atoms with Crippen LogP contribution in [-0.4, -0.2) is 15.8 Å². The summed E-state index contributed by atoms with van der Waals surface area (Å²) < 4.78 is 0. The van der Waals surface area contributed by atoms with Gasteiger partial charge in [0.2, 0.25) is 0 Å². The lowest BCUT2D eigenvalue weighted by atomic mass is 10.1. The summed E-state index contributed by atoms with van der Waals surface area (Å²) in [4.78, 5) is 19.5. The number of aromatic amines is 1. The Morgan fingerprint density at radius 3 is 2.56 bits per heavy atom. The number of H-pyrrole nitrogens is 1. The van der Waals surface area contributed by atoms with E-state index in [1.54, 1.807) is 0 Å². The molecule has 0 amide bonds. The number of nitrogens with zero attached hydrogens (tertiary/aromatic N) is 1. The van der Waals surface area contributed by atoms with Gasteiger partial charge in [0.15, 0.2) is 5.78 Å². The van der Waals surface area contributed by atoms with Crippen LogP contribution >= 0.6 is 12.4 Å². The van der Waals surface area contributed by atoms with E-state index in [0.29, 0.717) is 6.42 Å². The molecule has 0 saturated carbocycles. The second kappa shape index (κ2) is 5.83. The standard InChI is InChI=1S/C14H16N2O.ClH/c1-9-5-4-6-12(7-9)13(17)8-14-15-10(2)11(3)16-14;/h4-7H,8H2,1-3H3,(H,15,16);1H. The van der Waals surface area contributed by atoms with Gasteiger partial charge in [0, 0.05) is 11.3 Å².